The van der Waals surface area contributed by atoms with E-state index in [0.717, 1.165) is 29.4 Å². The molecule has 1 aliphatic rings. The first kappa shape index (κ1) is 17.5. The van der Waals surface area contributed by atoms with Gasteiger partial charge in [-0.3, -0.25) is 4.79 Å². The second-order valence-electron chi connectivity index (χ2n) is 7.35. The lowest BCUT2D eigenvalue weighted by Gasteiger charge is -2.14. The zero-order valence-electron chi connectivity index (χ0n) is 15.7. The van der Waals surface area contributed by atoms with Crippen LogP contribution in [0.5, 0.6) is 0 Å². The molecule has 1 amide bonds. The van der Waals surface area contributed by atoms with Crippen molar-refractivity contribution in [2.24, 2.45) is 0 Å². The van der Waals surface area contributed by atoms with Crippen molar-refractivity contribution >= 4 is 16.9 Å². The topological polar surface area (TPSA) is 59.3 Å². The van der Waals surface area contributed by atoms with E-state index in [4.69, 9.17) is 4.42 Å². The van der Waals surface area contributed by atoms with Gasteiger partial charge in [0.25, 0.3) is 0 Å². The van der Waals surface area contributed by atoms with Crippen LogP contribution in [-0.2, 0) is 17.6 Å². The molecule has 0 saturated heterocycles. The van der Waals surface area contributed by atoms with Crippen LogP contribution in [0.4, 0.5) is 0 Å². The standard InChI is InChI=1S/C23H23NO3/c1-14-7-9-17-15(2)18(23(26)27-21(17)13-14)10-12-22(25)24-20-11-8-16-5-3-4-6-19(16)20/h3-7,9,13,20H,8,10-12H2,1-2H3,(H,24,25)/t20-/m1/s1. The quantitative estimate of drug-likeness (QED) is 0.710. The van der Waals surface area contributed by atoms with Gasteiger partial charge in [0.1, 0.15) is 5.58 Å². The van der Waals surface area contributed by atoms with Crippen LogP contribution in [0.15, 0.2) is 51.7 Å². The van der Waals surface area contributed by atoms with Crippen molar-refractivity contribution in [3.05, 3.63) is 80.7 Å². The predicted octanol–water partition coefficient (Wildman–Crippen LogP) is 4.15. The molecule has 1 atom stereocenters. The van der Waals surface area contributed by atoms with Crippen LogP contribution < -0.4 is 10.9 Å². The number of benzene rings is 2. The van der Waals surface area contributed by atoms with Gasteiger partial charge in [-0.1, -0.05) is 36.4 Å². The molecule has 27 heavy (non-hydrogen) atoms. The first-order chi connectivity index (χ1) is 13.0. The Morgan fingerprint density at radius 3 is 2.85 bits per heavy atom. The normalized spacial score (nSPS) is 15.7. The summed E-state index contributed by atoms with van der Waals surface area (Å²) in [6.45, 7) is 3.89. The van der Waals surface area contributed by atoms with E-state index < -0.39 is 0 Å². The maximum absolute atomic E-state index is 12.5. The first-order valence-corrected chi connectivity index (χ1v) is 9.43. The van der Waals surface area contributed by atoms with Crippen LogP contribution in [0.3, 0.4) is 0 Å². The van der Waals surface area contributed by atoms with Gasteiger partial charge >= 0.3 is 5.63 Å². The van der Waals surface area contributed by atoms with Gasteiger partial charge in [-0.15, -0.1) is 0 Å². The highest BCUT2D eigenvalue weighted by molar-refractivity contribution is 5.82. The van der Waals surface area contributed by atoms with Crippen molar-refractivity contribution in [3.63, 3.8) is 0 Å². The SMILES string of the molecule is Cc1ccc2c(C)c(CCC(=O)N[C@@H]3CCc4ccccc43)c(=O)oc2c1. The summed E-state index contributed by atoms with van der Waals surface area (Å²) < 4.78 is 5.48. The molecule has 0 bridgehead atoms. The Morgan fingerprint density at radius 1 is 1.19 bits per heavy atom. The molecule has 0 fully saturated rings. The largest absolute Gasteiger partial charge is 0.423 e. The number of hydrogen-bond donors (Lipinski definition) is 1. The number of nitrogens with one attached hydrogen (secondary N) is 1. The Kier molecular flexibility index (Phi) is 4.56. The van der Waals surface area contributed by atoms with Gasteiger partial charge in [-0.05, 0) is 61.4 Å². The number of rotatable bonds is 4. The maximum atomic E-state index is 12.5. The van der Waals surface area contributed by atoms with Crippen molar-refractivity contribution in [3.8, 4) is 0 Å². The lowest BCUT2D eigenvalue weighted by Crippen LogP contribution is -2.28. The molecule has 1 heterocycles. The number of hydrogen-bond acceptors (Lipinski definition) is 3. The van der Waals surface area contributed by atoms with Gasteiger partial charge in [-0.2, -0.15) is 0 Å². The highest BCUT2D eigenvalue weighted by atomic mass is 16.4. The molecule has 4 heteroatoms. The Hall–Kier alpha value is -2.88. The first-order valence-electron chi connectivity index (χ1n) is 9.43. The summed E-state index contributed by atoms with van der Waals surface area (Å²) in [5.41, 5.74) is 5.33. The smallest absolute Gasteiger partial charge is 0.339 e. The molecule has 3 aromatic rings. The van der Waals surface area contributed by atoms with Crippen LogP contribution in [0.25, 0.3) is 11.0 Å². The van der Waals surface area contributed by atoms with Gasteiger partial charge in [0, 0.05) is 17.4 Å². The van der Waals surface area contributed by atoms with Crippen LogP contribution in [0.2, 0.25) is 0 Å². The van der Waals surface area contributed by atoms with Crippen molar-refractivity contribution in [1.29, 1.82) is 0 Å². The molecule has 2 aromatic carbocycles. The molecule has 1 aromatic heterocycles. The summed E-state index contributed by atoms with van der Waals surface area (Å²) in [6.07, 6.45) is 2.59. The third-order valence-corrected chi connectivity index (χ3v) is 5.51. The van der Waals surface area contributed by atoms with Gasteiger partial charge in [0.2, 0.25) is 5.91 Å². The number of carbonyl (C=O) groups is 1. The Bertz CT molecular complexity index is 1080. The van der Waals surface area contributed by atoms with Crippen molar-refractivity contribution in [1.82, 2.24) is 5.32 Å². The van der Waals surface area contributed by atoms with E-state index in [-0.39, 0.29) is 24.0 Å². The summed E-state index contributed by atoms with van der Waals surface area (Å²) in [7, 11) is 0. The van der Waals surface area contributed by atoms with E-state index in [2.05, 4.69) is 17.4 Å². The van der Waals surface area contributed by atoms with E-state index >= 15 is 0 Å². The third kappa shape index (κ3) is 3.39. The highest BCUT2D eigenvalue weighted by Gasteiger charge is 2.23. The molecular weight excluding hydrogens is 338 g/mol. The highest BCUT2D eigenvalue weighted by Crippen LogP contribution is 2.30. The van der Waals surface area contributed by atoms with E-state index in [1.807, 2.05) is 44.2 Å². The minimum Gasteiger partial charge on any atom is -0.423 e. The number of amides is 1. The molecule has 1 N–H and O–H groups in total. The van der Waals surface area contributed by atoms with E-state index in [0.29, 0.717) is 17.6 Å². The summed E-state index contributed by atoms with van der Waals surface area (Å²) in [6, 6.07) is 14.2. The molecule has 1 aliphatic carbocycles. The monoisotopic (exact) mass is 361 g/mol. The Labute approximate surface area is 158 Å². The third-order valence-electron chi connectivity index (χ3n) is 5.51. The van der Waals surface area contributed by atoms with E-state index in [1.165, 1.54) is 11.1 Å². The molecule has 138 valence electrons. The van der Waals surface area contributed by atoms with Crippen LogP contribution in [-0.4, -0.2) is 5.91 Å². The van der Waals surface area contributed by atoms with Gasteiger partial charge in [-0.25, -0.2) is 4.79 Å². The number of aryl methyl sites for hydroxylation is 3. The predicted molar refractivity (Wildman–Crippen MR) is 106 cm³/mol. The molecule has 0 saturated carbocycles. The maximum Gasteiger partial charge on any atom is 0.339 e. The van der Waals surface area contributed by atoms with Crippen LogP contribution in [0, 0.1) is 13.8 Å². The molecule has 0 unspecified atom stereocenters. The zero-order valence-corrected chi connectivity index (χ0v) is 15.7. The minimum absolute atomic E-state index is 0.0282. The summed E-state index contributed by atoms with van der Waals surface area (Å²) in [4.78, 5) is 24.9. The number of fused-ring (bicyclic) bond motifs is 2. The van der Waals surface area contributed by atoms with Crippen molar-refractivity contribution in [2.45, 2.75) is 45.6 Å². The number of carbonyl (C=O) groups excluding carboxylic acids is 1. The Balaban J connectivity index is 1.48. The fraction of sp³-hybridized carbons (Fsp3) is 0.304. The second-order valence-corrected chi connectivity index (χ2v) is 7.35. The molecule has 0 radical (unpaired) electrons. The fourth-order valence-corrected chi connectivity index (χ4v) is 4.00. The molecule has 0 aliphatic heterocycles. The van der Waals surface area contributed by atoms with Crippen molar-refractivity contribution in [2.75, 3.05) is 0 Å². The lowest BCUT2D eigenvalue weighted by molar-refractivity contribution is -0.121. The second kappa shape index (κ2) is 7.03. The average molecular weight is 361 g/mol. The van der Waals surface area contributed by atoms with Crippen LogP contribution >= 0.6 is 0 Å². The van der Waals surface area contributed by atoms with Gasteiger partial charge < -0.3 is 9.73 Å². The van der Waals surface area contributed by atoms with E-state index in [1.54, 1.807) is 0 Å². The molecule has 4 nitrogen and oxygen atoms in total. The minimum atomic E-state index is -0.343. The van der Waals surface area contributed by atoms with Gasteiger partial charge in [0.05, 0.1) is 6.04 Å². The molecular formula is C23H23NO3. The van der Waals surface area contributed by atoms with E-state index in [9.17, 15) is 9.59 Å². The zero-order chi connectivity index (χ0) is 19.0. The molecule has 4 rings (SSSR count). The molecule has 0 spiro atoms. The van der Waals surface area contributed by atoms with Crippen LogP contribution in [0.1, 0.15) is 46.7 Å². The fourth-order valence-electron chi connectivity index (χ4n) is 4.00. The summed E-state index contributed by atoms with van der Waals surface area (Å²) in [5.74, 6) is -0.0282. The summed E-state index contributed by atoms with van der Waals surface area (Å²) in [5, 5.41) is 4.05. The van der Waals surface area contributed by atoms with Crippen molar-refractivity contribution < 1.29 is 9.21 Å². The lowest BCUT2D eigenvalue weighted by atomic mass is 10.0. The Morgan fingerprint density at radius 2 is 2.00 bits per heavy atom. The summed E-state index contributed by atoms with van der Waals surface area (Å²) >= 11 is 0. The average Bonchev–Trinajstić information content (AvgIpc) is 3.04. The van der Waals surface area contributed by atoms with Gasteiger partial charge in [0.15, 0.2) is 0 Å².